The third kappa shape index (κ3) is 3.29. The molecule has 1 amide bonds. The van der Waals surface area contributed by atoms with Gasteiger partial charge in [-0.3, -0.25) is 4.79 Å². The van der Waals surface area contributed by atoms with Crippen molar-refractivity contribution < 1.29 is 23.4 Å². The Balaban J connectivity index is 1.97. The number of benzene rings is 1. The van der Waals surface area contributed by atoms with Crippen molar-refractivity contribution >= 4 is 5.91 Å². The number of amides is 1. The van der Waals surface area contributed by atoms with Crippen LogP contribution in [0.1, 0.15) is 41.9 Å². The van der Waals surface area contributed by atoms with Gasteiger partial charge in [0.1, 0.15) is 5.76 Å². The van der Waals surface area contributed by atoms with Gasteiger partial charge in [-0.25, -0.2) is 0 Å². The maximum atomic E-state index is 13.2. The average Bonchev–Trinajstić information content (AvgIpc) is 3.31. The molecular formula is C19H23NO5. The molecule has 2 aromatic rings. The molecule has 1 aliphatic carbocycles. The number of hydrogen-bond donors (Lipinski definition) is 0. The molecule has 1 aromatic carbocycles. The van der Waals surface area contributed by atoms with Crippen molar-refractivity contribution in [2.75, 3.05) is 21.3 Å². The summed E-state index contributed by atoms with van der Waals surface area (Å²) in [6, 6.07) is 7.19. The van der Waals surface area contributed by atoms with Crippen LogP contribution in [-0.2, 0) is 0 Å². The summed E-state index contributed by atoms with van der Waals surface area (Å²) in [5.74, 6) is 2.09. The minimum atomic E-state index is -0.144. The first-order valence-corrected chi connectivity index (χ1v) is 8.26. The van der Waals surface area contributed by atoms with E-state index in [0.29, 0.717) is 22.8 Å². The van der Waals surface area contributed by atoms with Gasteiger partial charge in [0.15, 0.2) is 11.5 Å². The van der Waals surface area contributed by atoms with Crippen molar-refractivity contribution in [1.29, 1.82) is 0 Å². The van der Waals surface area contributed by atoms with Crippen LogP contribution in [0.2, 0.25) is 0 Å². The molecule has 0 saturated heterocycles. The smallest absolute Gasteiger partial charge is 0.254 e. The van der Waals surface area contributed by atoms with Crippen LogP contribution in [0, 0.1) is 0 Å². The Morgan fingerprint density at radius 1 is 1.16 bits per heavy atom. The van der Waals surface area contributed by atoms with Crippen LogP contribution >= 0.6 is 0 Å². The summed E-state index contributed by atoms with van der Waals surface area (Å²) < 4.78 is 21.6. The second-order valence-electron chi connectivity index (χ2n) is 6.05. The van der Waals surface area contributed by atoms with E-state index in [1.807, 2.05) is 24.0 Å². The van der Waals surface area contributed by atoms with Crippen LogP contribution in [0.4, 0.5) is 0 Å². The van der Waals surface area contributed by atoms with Gasteiger partial charge >= 0.3 is 0 Å². The number of nitrogens with zero attached hydrogens (tertiary/aromatic N) is 1. The van der Waals surface area contributed by atoms with Crippen LogP contribution < -0.4 is 14.2 Å². The van der Waals surface area contributed by atoms with Gasteiger partial charge in [-0.05, 0) is 44.0 Å². The minimum absolute atomic E-state index is 0.0781. The van der Waals surface area contributed by atoms with Crippen LogP contribution in [0.15, 0.2) is 34.9 Å². The Morgan fingerprint density at radius 3 is 2.24 bits per heavy atom. The Morgan fingerprint density at radius 2 is 1.80 bits per heavy atom. The molecule has 0 spiro atoms. The number of ether oxygens (including phenoxy) is 3. The molecule has 0 N–H and O–H groups in total. The molecule has 1 heterocycles. The van der Waals surface area contributed by atoms with Gasteiger partial charge < -0.3 is 23.5 Å². The first kappa shape index (κ1) is 17.2. The number of furan rings is 1. The molecule has 0 radical (unpaired) electrons. The van der Waals surface area contributed by atoms with E-state index >= 15 is 0 Å². The van der Waals surface area contributed by atoms with E-state index in [1.54, 1.807) is 18.4 Å². The molecule has 25 heavy (non-hydrogen) atoms. The standard InChI is InChI=1S/C19H23NO5/c1-12(15-6-5-9-25-15)20(14-7-8-14)19(21)13-10-16(22-2)18(24-4)17(11-13)23-3/h5-6,9-12,14H,7-8H2,1-4H3. The zero-order valence-electron chi connectivity index (χ0n) is 14.9. The molecule has 1 saturated carbocycles. The van der Waals surface area contributed by atoms with Crippen molar-refractivity contribution in [2.45, 2.75) is 31.8 Å². The highest BCUT2D eigenvalue weighted by molar-refractivity contribution is 5.96. The quantitative estimate of drug-likeness (QED) is 0.766. The largest absolute Gasteiger partial charge is 0.493 e. The Kier molecular flexibility index (Phi) is 4.88. The first-order valence-electron chi connectivity index (χ1n) is 8.26. The van der Waals surface area contributed by atoms with Crippen LogP contribution in [0.25, 0.3) is 0 Å². The molecule has 1 fully saturated rings. The maximum Gasteiger partial charge on any atom is 0.254 e. The Bertz CT molecular complexity index is 711. The highest BCUT2D eigenvalue weighted by Crippen LogP contribution is 2.41. The lowest BCUT2D eigenvalue weighted by Gasteiger charge is -2.28. The highest BCUT2D eigenvalue weighted by atomic mass is 16.5. The molecule has 1 aliphatic rings. The van der Waals surface area contributed by atoms with Crippen LogP contribution in [-0.4, -0.2) is 38.2 Å². The molecule has 6 nitrogen and oxygen atoms in total. The van der Waals surface area contributed by atoms with E-state index in [4.69, 9.17) is 18.6 Å². The summed E-state index contributed by atoms with van der Waals surface area (Å²) in [5.41, 5.74) is 0.500. The molecule has 1 aromatic heterocycles. The predicted molar refractivity (Wildman–Crippen MR) is 92.4 cm³/mol. The molecule has 0 bridgehead atoms. The average molecular weight is 345 g/mol. The van der Waals surface area contributed by atoms with E-state index in [9.17, 15) is 4.79 Å². The van der Waals surface area contributed by atoms with Gasteiger partial charge in [-0.15, -0.1) is 0 Å². The summed E-state index contributed by atoms with van der Waals surface area (Å²) in [6.45, 7) is 1.98. The molecule has 1 unspecified atom stereocenters. The fourth-order valence-corrected chi connectivity index (χ4v) is 3.03. The van der Waals surface area contributed by atoms with Crippen molar-refractivity contribution in [3.8, 4) is 17.2 Å². The monoisotopic (exact) mass is 345 g/mol. The fourth-order valence-electron chi connectivity index (χ4n) is 3.03. The highest BCUT2D eigenvalue weighted by Gasteiger charge is 2.38. The Labute approximate surface area is 147 Å². The second-order valence-corrected chi connectivity index (χ2v) is 6.05. The first-order chi connectivity index (χ1) is 12.1. The fraction of sp³-hybridized carbons (Fsp3) is 0.421. The van der Waals surface area contributed by atoms with Crippen molar-refractivity contribution in [3.05, 3.63) is 41.9 Å². The van der Waals surface area contributed by atoms with Gasteiger partial charge in [0, 0.05) is 11.6 Å². The predicted octanol–water partition coefficient (Wildman–Crippen LogP) is 3.67. The van der Waals surface area contributed by atoms with Gasteiger partial charge in [0.05, 0.1) is 33.6 Å². The second kappa shape index (κ2) is 7.09. The number of methoxy groups -OCH3 is 3. The summed E-state index contributed by atoms with van der Waals surface area (Å²) in [6.07, 6.45) is 3.63. The molecule has 6 heteroatoms. The van der Waals surface area contributed by atoms with Crippen molar-refractivity contribution in [2.24, 2.45) is 0 Å². The molecule has 0 aliphatic heterocycles. The number of carbonyl (C=O) groups excluding carboxylic acids is 1. The van der Waals surface area contributed by atoms with E-state index in [0.717, 1.165) is 18.6 Å². The lowest BCUT2D eigenvalue weighted by molar-refractivity contribution is 0.0652. The SMILES string of the molecule is COc1cc(C(=O)N(C2CC2)C(C)c2ccco2)cc(OC)c1OC. The van der Waals surface area contributed by atoms with Gasteiger partial charge in [0.25, 0.3) is 5.91 Å². The molecule has 3 rings (SSSR count). The summed E-state index contributed by atoms with van der Waals surface area (Å²) in [7, 11) is 4.61. The number of hydrogen-bond acceptors (Lipinski definition) is 5. The summed E-state index contributed by atoms with van der Waals surface area (Å²) in [4.78, 5) is 15.1. The van der Waals surface area contributed by atoms with Gasteiger partial charge in [0.2, 0.25) is 5.75 Å². The normalized spacial score (nSPS) is 14.7. The number of carbonyl (C=O) groups is 1. The lowest BCUT2D eigenvalue weighted by atomic mass is 10.1. The van der Waals surface area contributed by atoms with Crippen molar-refractivity contribution in [3.63, 3.8) is 0 Å². The third-order valence-electron chi connectivity index (χ3n) is 4.46. The summed E-state index contributed by atoms with van der Waals surface area (Å²) >= 11 is 0. The molecule has 1 atom stereocenters. The van der Waals surface area contributed by atoms with E-state index in [1.165, 1.54) is 21.3 Å². The molecular weight excluding hydrogens is 322 g/mol. The topological polar surface area (TPSA) is 61.1 Å². The van der Waals surface area contributed by atoms with Crippen molar-refractivity contribution in [1.82, 2.24) is 4.90 Å². The van der Waals surface area contributed by atoms with E-state index in [2.05, 4.69) is 0 Å². The zero-order chi connectivity index (χ0) is 18.0. The number of rotatable bonds is 7. The van der Waals surface area contributed by atoms with E-state index in [-0.39, 0.29) is 18.0 Å². The van der Waals surface area contributed by atoms with Gasteiger partial charge in [-0.1, -0.05) is 0 Å². The van der Waals surface area contributed by atoms with Crippen LogP contribution in [0.3, 0.4) is 0 Å². The van der Waals surface area contributed by atoms with Gasteiger partial charge in [-0.2, -0.15) is 0 Å². The lowest BCUT2D eigenvalue weighted by Crippen LogP contribution is -2.35. The molecule has 134 valence electrons. The maximum absolute atomic E-state index is 13.2. The Hall–Kier alpha value is -2.63. The van der Waals surface area contributed by atoms with Crippen LogP contribution in [0.5, 0.6) is 17.2 Å². The van der Waals surface area contributed by atoms with E-state index < -0.39 is 0 Å². The zero-order valence-corrected chi connectivity index (χ0v) is 14.9. The third-order valence-corrected chi connectivity index (χ3v) is 4.46. The minimum Gasteiger partial charge on any atom is -0.493 e. The summed E-state index contributed by atoms with van der Waals surface area (Å²) in [5, 5.41) is 0.